The van der Waals surface area contributed by atoms with E-state index in [1.165, 1.54) is 6.21 Å². The lowest BCUT2D eigenvalue weighted by molar-refractivity contribution is 0.122. The van der Waals surface area contributed by atoms with E-state index in [4.69, 9.17) is 4.74 Å². The molecule has 1 aromatic heterocycles. The summed E-state index contributed by atoms with van der Waals surface area (Å²) in [6.07, 6.45) is 1.52. The van der Waals surface area contributed by atoms with Gasteiger partial charge < -0.3 is 19.6 Å². The predicted molar refractivity (Wildman–Crippen MR) is 96.5 cm³/mol. The lowest BCUT2D eigenvalue weighted by atomic mass is 10.2. The lowest BCUT2D eigenvalue weighted by Crippen LogP contribution is -2.37. The van der Waals surface area contributed by atoms with Gasteiger partial charge in [0.05, 0.1) is 19.4 Å². The number of phenols is 1. The van der Waals surface area contributed by atoms with Gasteiger partial charge in [-0.1, -0.05) is 12.1 Å². The average molecular weight is 343 g/mol. The Kier molecular flexibility index (Phi) is 5.24. The molecule has 0 saturated carbocycles. The Hall–Kier alpha value is -2.94. The minimum absolute atomic E-state index is 0.159. The Morgan fingerprint density at radius 2 is 1.96 bits per heavy atom. The summed E-state index contributed by atoms with van der Waals surface area (Å²) in [4.78, 5) is 17.1. The molecule has 0 aliphatic carbocycles. The van der Waals surface area contributed by atoms with Crippen LogP contribution >= 0.6 is 0 Å². The number of para-hydroxylation sites is 1. The summed E-state index contributed by atoms with van der Waals surface area (Å²) in [5, 5.41) is 13.9. The molecule has 0 radical (unpaired) electrons. The van der Waals surface area contributed by atoms with E-state index in [1.807, 2.05) is 25.1 Å². The van der Waals surface area contributed by atoms with E-state index in [-0.39, 0.29) is 5.75 Å². The molecule has 2 aromatic rings. The molecule has 1 saturated heterocycles. The van der Waals surface area contributed by atoms with Crippen LogP contribution < -0.4 is 15.2 Å². The molecule has 1 aliphatic rings. The lowest BCUT2D eigenvalue weighted by Gasteiger charge is -2.27. The zero-order chi connectivity index (χ0) is 17.6. The van der Waals surface area contributed by atoms with Crippen LogP contribution in [0.5, 0.6) is 5.75 Å². The summed E-state index contributed by atoms with van der Waals surface area (Å²) in [6.45, 7) is 2.77. The summed E-state index contributed by atoms with van der Waals surface area (Å²) in [5.74, 6) is 1.62. The maximum atomic E-state index is 9.75. The monoisotopic (exact) mass is 343 g/mol. The van der Waals surface area contributed by atoms with Crippen LogP contribution in [0.3, 0.4) is 0 Å². The highest BCUT2D eigenvalue weighted by atomic mass is 16.5. The number of hydrogen-bond acceptors (Lipinski definition) is 9. The van der Waals surface area contributed by atoms with Crippen molar-refractivity contribution in [3.63, 3.8) is 0 Å². The number of nitrogens with one attached hydrogen (secondary N) is 1. The number of hydrogen-bond donors (Lipinski definition) is 2. The quantitative estimate of drug-likeness (QED) is 0.611. The minimum Gasteiger partial charge on any atom is -0.507 e. The minimum atomic E-state index is 0.159. The fourth-order valence-electron chi connectivity index (χ4n) is 2.26. The van der Waals surface area contributed by atoms with Gasteiger partial charge in [0.15, 0.2) is 0 Å². The molecule has 0 bridgehead atoms. The highest BCUT2D eigenvalue weighted by molar-refractivity contribution is 5.83. The summed E-state index contributed by atoms with van der Waals surface area (Å²) in [6, 6.07) is 6.94. The van der Waals surface area contributed by atoms with Gasteiger partial charge in [-0.2, -0.15) is 20.1 Å². The van der Waals surface area contributed by atoms with Crippen molar-refractivity contribution >= 4 is 24.1 Å². The normalized spacial score (nSPS) is 14.7. The van der Waals surface area contributed by atoms with E-state index < -0.39 is 0 Å². The molecule has 0 unspecified atom stereocenters. The average Bonchev–Trinajstić information content (AvgIpc) is 2.64. The summed E-state index contributed by atoms with van der Waals surface area (Å²) < 4.78 is 5.37. The second kappa shape index (κ2) is 7.75. The first-order valence-corrected chi connectivity index (χ1v) is 7.96. The van der Waals surface area contributed by atoms with E-state index in [0.29, 0.717) is 36.6 Å². The predicted octanol–water partition coefficient (Wildman–Crippen LogP) is 0.926. The summed E-state index contributed by atoms with van der Waals surface area (Å²) in [7, 11) is 3.74. The first kappa shape index (κ1) is 16.9. The smallest absolute Gasteiger partial charge is 0.250 e. The molecule has 1 aliphatic heterocycles. The SMILES string of the molecule is CN(C)c1nc(N/N=C\c2ccccc2O)nc(N2CCOCC2)n1. The highest BCUT2D eigenvalue weighted by Gasteiger charge is 2.17. The van der Waals surface area contributed by atoms with Crippen molar-refractivity contribution in [2.45, 2.75) is 0 Å². The van der Waals surface area contributed by atoms with Crippen molar-refractivity contribution < 1.29 is 9.84 Å². The molecule has 9 heteroatoms. The summed E-state index contributed by atoms with van der Waals surface area (Å²) >= 11 is 0. The number of benzene rings is 1. The van der Waals surface area contributed by atoms with E-state index in [9.17, 15) is 5.11 Å². The molecule has 9 nitrogen and oxygen atoms in total. The Labute approximate surface area is 146 Å². The van der Waals surface area contributed by atoms with Crippen LogP contribution in [-0.2, 0) is 4.74 Å². The third kappa shape index (κ3) is 4.32. The number of morpholine rings is 1. The maximum absolute atomic E-state index is 9.75. The van der Waals surface area contributed by atoms with Crippen molar-refractivity contribution in [3.05, 3.63) is 29.8 Å². The molecule has 3 rings (SSSR count). The third-order valence-electron chi connectivity index (χ3n) is 3.61. The molecule has 0 amide bonds. The zero-order valence-electron chi connectivity index (χ0n) is 14.3. The number of hydrazone groups is 1. The molecule has 0 atom stereocenters. The zero-order valence-corrected chi connectivity index (χ0v) is 14.3. The topological polar surface area (TPSA) is 99.0 Å². The van der Waals surface area contributed by atoms with E-state index in [0.717, 1.165) is 13.1 Å². The Morgan fingerprint density at radius 3 is 2.68 bits per heavy atom. The number of nitrogens with zero attached hydrogens (tertiary/aromatic N) is 6. The van der Waals surface area contributed by atoms with Gasteiger partial charge in [-0.3, -0.25) is 0 Å². The van der Waals surface area contributed by atoms with Crippen LogP contribution in [0.2, 0.25) is 0 Å². The number of ether oxygens (including phenoxy) is 1. The maximum Gasteiger partial charge on any atom is 0.250 e. The van der Waals surface area contributed by atoms with Gasteiger partial charge in [0.1, 0.15) is 5.75 Å². The molecule has 1 aromatic carbocycles. The number of aromatic nitrogens is 3. The molecular weight excluding hydrogens is 322 g/mol. The van der Waals surface area contributed by atoms with Crippen molar-refractivity contribution in [1.29, 1.82) is 0 Å². The number of anilines is 3. The van der Waals surface area contributed by atoms with Gasteiger partial charge in [0, 0.05) is 32.7 Å². The molecule has 132 valence electrons. The fourth-order valence-corrected chi connectivity index (χ4v) is 2.26. The van der Waals surface area contributed by atoms with Gasteiger partial charge in [0.25, 0.3) is 0 Å². The number of aromatic hydroxyl groups is 1. The Balaban J connectivity index is 1.80. The number of rotatable bonds is 5. The molecule has 2 N–H and O–H groups in total. The standard InChI is InChI=1S/C16H21N7O2/c1-22(2)15-18-14(19-16(20-15)23-7-9-25-10-8-23)21-17-11-12-5-3-4-6-13(12)24/h3-6,11,24H,7-10H2,1-2H3,(H,18,19,20,21)/b17-11-. The van der Waals surface area contributed by atoms with Crippen LogP contribution in [0.1, 0.15) is 5.56 Å². The summed E-state index contributed by atoms with van der Waals surface area (Å²) in [5.41, 5.74) is 3.41. The van der Waals surface area contributed by atoms with Gasteiger partial charge in [-0.05, 0) is 12.1 Å². The van der Waals surface area contributed by atoms with Gasteiger partial charge in [-0.15, -0.1) is 0 Å². The third-order valence-corrected chi connectivity index (χ3v) is 3.61. The van der Waals surface area contributed by atoms with Gasteiger partial charge in [0.2, 0.25) is 17.8 Å². The van der Waals surface area contributed by atoms with Crippen LogP contribution in [-0.4, -0.2) is 66.7 Å². The van der Waals surface area contributed by atoms with Crippen molar-refractivity contribution in [2.75, 3.05) is 55.6 Å². The second-order valence-electron chi connectivity index (χ2n) is 5.68. The van der Waals surface area contributed by atoms with Crippen molar-refractivity contribution in [2.24, 2.45) is 5.10 Å². The molecule has 2 heterocycles. The molecule has 25 heavy (non-hydrogen) atoms. The van der Waals surface area contributed by atoms with Gasteiger partial charge in [-0.25, -0.2) is 5.43 Å². The number of phenolic OH excluding ortho intramolecular Hbond substituents is 1. The first-order valence-electron chi connectivity index (χ1n) is 7.96. The van der Waals surface area contributed by atoms with Crippen LogP contribution in [0.4, 0.5) is 17.8 Å². The largest absolute Gasteiger partial charge is 0.507 e. The van der Waals surface area contributed by atoms with E-state index >= 15 is 0 Å². The van der Waals surface area contributed by atoms with Crippen LogP contribution in [0, 0.1) is 0 Å². The highest BCUT2D eigenvalue weighted by Crippen LogP contribution is 2.17. The molecular formula is C16H21N7O2. The van der Waals surface area contributed by atoms with Crippen LogP contribution in [0.25, 0.3) is 0 Å². The molecule has 0 spiro atoms. The van der Waals surface area contributed by atoms with Crippen LogP contribution in [0.15, 0.2) is 29.4 Å². The van der Waals surface area contributed by atoms with E-state index in [2.05, 4.69) is 30.4 Å². The van der Waals surface area contributed by atoms with Crippen molar-refractivity contribution in [3.8, 4) is 5.75 Å². The van der Waals surface area contributed by atoms with E-state index in [1.54, 1.807) is 18.2 Å². The first-order chi connectivity index (χ1) is 12.1. The molecule has 1 fully saturated rings. The van der Waals surface area contributed by atoms with Gasteiger partial charge >= 0.3 is 0 Å². The van der Waals surface area contributed by atoms with Crippen molar-refractivity contribution in [1.82, 2.24) is 15.0 Å². The second-order valence-corrected chi connectivity index (χ2v) is 5.68. The Bertz CT molecular complexity index is 745. The fraction of sp³-hybridized carbons (Fsp3) is 0.375. The Morgan fingerprint density at radius 1 is 1.20 bits per heavy atom.